The predicted molar refractivity (Wildman–Crippen MR) is 70.6 cm³/mol. The summed E-state index contributed by atoms with van der Waals surface area (Å²) < 4.78 is 13.4. The maximum atomic E-state index is 11.1. The predicted octanol–water partition coefficient (Wildman–Crippen LogP) is 2.19. The van der Waals surface area contributed by atoms with E-state index in [0.717, 1.165) is 37.0 Å². The van der Waals surface area contributed by atoms with E-state index in [1.807, 2.05) is 6.07 Å². The fourth-order valence-corrected chi connectivity index (χ4v) is 3.25. The first kappa shape index (κ1) is 12.8. The van der Waals surface area contributed by atoms with Gasteiger partial charge in [0.2, 0.25) is 0 Å². The first-order valence-electron chi connectivity index (χ1n) is 6.27. The van der Waals surface area contributed by atoms with Gasteiger partial charge in [-0.2, -0.15) is 0 Å². The summed E-state index contributed by atoms with van der Waals surface area (Å²) >= 11 is 0. The number of aromatic nitrogens is 1. The highest BCUT2D eigenvalue weighted by Crippen LogP contribution is 2.32. The number of nitrogens with zero attached hydrogens (tertiary/aromatic N) is 1. The van der Waals surface area contributed by atoms with Gasteiger partial charge in [0.25, 0.3) is 0 Å². The van der Waals surface area contributed by atoms with Crippen LogP contribution in [0.25, 0.3) is 0 Å². The number of hydrogen-bond donors (Lipinski definition) is 1. The van der Waals surface area contributed by atoms with Gasteiger partial charge < -0.3 is 9.67 Å². The van der Waals surface area contributed by atoms with Crippen LogP contribution < -0.4 is 0 Å². The van der Waals surface area contributed by atoms with Crippen LogP contribution in [0.5, 0.6) is 0 Å². The first-order valence-corrected chi connectivity index (χ1v) is 8.00. The molecule has 1 N–H and O–H groups in total. The zero-order valence-electron chi connectivity index (χ0n) is 10.6. The second-order valence-electron chi connectivity index (χ2n) is 4.95. The van der Waals surface area contributed by atoms with E-state index in [0.29, 0.717) is 6.04 Å². The van der Waals surface area contributed by atoms with Gasteiger partial charge in [-0.1, -0.05) is 0 Å². The van der Waals surface area contributed by atoms with Crippen LogP contribution in [0.4, 0.5) is 0 Å². The first-order chi connectivity index (χ1) is 8.09. The van der Waals surface area contributed by atoms with Crippen LogP contribution in [0.2, 0.25) is 0 Å². The van der Waals surface area contributed by atoms with Crippen molar-refractivity contribution in [3.63, 3.8) is 0 Å². The fraction of sp³-hybridized carbons (Fsp3) is 0.692. The van der Waals surface area contributed by atoms with Gasteiger partial charge in [0, 0.05) is 46.3 Å². The molecular formula is C13H21NO2S. The van der Waals surface area contributed by atoms with E-state index in [-0.39, 0.29) is 6.10 Å². The summed E-state index contributed by atoms with van der Waals surface area (Å²) in [5.74, 6) is 0.747. The Bertz CT molecular complexity index is 414. The second-order valence-corrected chi connectivity index (χ2v) is 6.50. The average Bonchev–Trinajstić information content (AvgIpc) is 2.71. The quantitative estimate of drug-likeness (QED) is 0.896. The highest BCUT2D eigenvalue weighted by Gasteiger charge is 2.22. The largest absolute Gasteiger partial charge is 0.388 e. The second kappa shape index (κ2) is 5.36. The third-order valence-corrected chi connectivity index (χ3v) is 4.42. The van der Waals surface area contributed by atoms with Crippen LogP contribution in [0.3, 0.4) is 0 Å². The van der Waals surface area contributed by atoms with Crippen molar-refractivity contribution in [2.45, 2.75) is 44.8 Å². The van der Waals surface area contributed by atoms with E-state index < -0.39 is 10.8 Å². The molecule has 3 unspecified atom stereocenters. The molecule has 1 heterocycles. The minimum Gasteiger partial charge on any atom is -0.388 e. The van der Waals surface area contributed by atoms with E-state index in [4.69, 9.17) is 0 Å². The molecule has 0 fully saturated rings. The van der Waals surface area contributed by atoms with Gasteiger partial charge in [-0.3, -0.25) is 4.21 Å². The van der Waals surface area contributed by atoms with Crippen molar-refractivity contribution in [1.29, 1.82) is 0 Å². The van der Waals surface area contributed by atoms with Crippen molar-refractivity contribution >= 4 is 10.8 Å². The number of fused-ring (bicyclic) bond motifs is 1. The molecule has 0 aliphatic heterocycles. The Morgan fingerprint density at radius 3 is 3.12 bits per heavy atom. The molecule has 0 bridgehead atoms. The third kappa shape index (κ3) is 2.80. The molecule has 0 radical (unpaired) electrons. The molecule has 0 saturated heterocycles. The topological polar surface area (TPSA) is 42.2 Å². The van der Waals surface area contributed by atoms with E-state index >= 15 is 0 Å². The molecule has 3 atom stereocenters. The lowest BCUT2D eigenvalue weighted by Crippen LogP contribution is -2.15. The van der Waals surface area contributed by atoms with Crippen molar-refractivity contribution in [2.75, 3.05) is 12.0 Å². The van der Waals surface area contributed by atoms with Gasteiger partial charge in [-0.15, -0.1) is 0 Å². The molecule has 2 rings (SSSR count). The van der Waals surface area contributed by atoms with Gasteiger partial charge in [0.05, 0.1) is 6.10 Å². The minimum atomic E-state index is -0.719. The molecular weight excluding hydrogens is 234 g/mol. The monoisotopic (exact) mass is 255 g/mol. The molecule has 0 amide bonds. The Kier molecular flexibility index (Phi) is 4.05. The van der Waals surface area contributed by atoms with E-state index in [9.17, 15) is 9.32 Å². The minimum absolute atomic E-state index is 0.285. The maximum Gasteiger partial charge on any atom is 0.0807 e. The van der Waals surface area contributed by atoms with Crippen molar-refractivity contribution in [3.05, 3.63) is 23.5 Å². The van der Waals surface area contributed by atoms with Crippen molar-refractivity contribution in [3.8, 4) is 0 Å². The zero-order chi connectivity index (χ0) is 12.4. The summed E-state index contributed by atoms with van der Waals surface area (Å²) in [6, 6.07) is 2.41. The zero-order valence-corrected chi connectivity index (χ0v) is 11.4. The van der Waals surface area contributed by atoms with Crippen molar-refractivity contribution in [2.24, 2.45) is 0 Å². The summed E-state index contributed by atoms with van der Waals surface area (Å²) in [4.78, 5) is 0. The SMILES string of the molecule is CC(CCS(C)=O)n1ccc2c1CCCC2O. The molecule has 96 valence electrons. The summed E-state index contributed by atoms with van der Waals surface area (Å²) in [5, 5.41) is 9.91. The van der Waals surface area contributed by atoms with Gasteiger partial charge >= 0.3 is 0 Å². The summed E-state index contributed by atoms with van der Waals surface area (Å²) in [6.45, 7) is 2.16. The van der Waals surface area contributed by atoms with Gasteiger partial charge in [-0.05, 0) is 38.7 Å². The smallest absolute Gasteiger partial charge is 0.0807 e. The summed E-state index contributed by atoms with van der Waals surface area (Å²) in [5.41, 5.74) is 2.37. The van der Waals surface area contributed by atoms with Crippen LogP contribution in [0.1, 0.15) is 49.6 Å². The molecule has 0 saturated carbocycles. The maximum absolute atomic E-state index is 11.1. The number of aliphatic hydroxyl groups excluding tert-OH is 1. The molecule has 17 heavy (non-hydrogen) atoms. The lowest BCUT2D eigenvalue weighted by molar-refractivity contribution is 0.155. The summed E-state index contributed by atoms with van der Waals surface area (Å²) in [6.07, 6.45) is 7.46. The van der Waals surface area contributed by atoms with Gasteiger partial charge in [-0.25, -0.2) is 0 Å². The van der Waals surface area contributed by atoms with Crippen molar-refractivity contribution < 1.29 is 9.32 Å². The number of aliphatic hydroxyl groups is 1. The third-order valence-electron chi connectivity index (χ3n) is 3.61. The molecule has 1 aromatic heterocycles. The Morgan fingerprint density at radius 2 is 2.41 bits per heavy atom. The molecule has 0 spiro atoms. The Labute approximate surface area is 105 Å². The fourth-order valence-electron chi connectivity index (χ4n) is 2.58. The van der Waals surface area contributed by atoms with E-state index in [1.165, 1.54) is 5.69 Å². The lowest BCUT2D eigenvalue weighted by atomic mass is 9.95. The normalized spacial score (nSPS) is 23.1. The van der Waals surface area contributed by atoms with Crippen LogP contribution in [0, 0.1) is 0 Å². The molecule has 1 aliphatic carbocycles. The molecule has 4 heteroatoms. The molecule has 1 aromatic rings. The molecule has 3 nitrogen and oxygen atoms in total. The number of rotatable bonds is 4. The lowest BCUT2D eigenvalue weighted by Gasteiger charge is -2.23. The Balaban J connectivity index is 2.13. The average molecular weight is 255 g/mol. The standard InChI is InChI=1S/C13H21NO2S/c1-10(7-9-17(2)16)14-8-6-11-12(14)4-3-5-13(11)15/h6,8,10,13,15H,3-5,7,9H2,1-2H3. The number of hydrogen-bond acceptors (Lipinski definition) is 2. The van der Waals surface area contributed by atoms with Crippen LogP contribution in [-0.4, -0.2) is 25.9 Å². The summed E-state index contributed by atoms with van der Waals surface area (Å²) in [7, 11) is -0.719. The van der Waals surface area contributed by atoms with Crippen LogP contribution in [-0.2, 0) is 17.2 Å². The van der Waals surface area contributed by atoms with Crippen LogP contribution >= 0.6 is 0 Å². The molecule has 1 aliphatic rings. The van der Waals surface area contributed by atoms with Gasteiger partial charge in [0.15, 0.2) is 0 Å². The Morgan fingerprint density at radius 1 is 1.65 bits per heavy atom. The van der Waals surface area contributed by atoms with Gasteiger partial charge in [0.1, 0.15) is 0 Å². The van der Waals surface area contributed by atoms with Crippen LogP contribution in [0.15, 0.2) is 12.3 Å². The van der Waals surface area contributed by atoms with E-state index in [1.54, 1.807) is 6.26 Å². The highest BCUT2D eigenvalue weighted by molar-refractivity contribution is 7.84. The highest BCUT2D eigenvalue weighted by atomic mass is 32.2. The van der Waals surface area contributed by atoms with Crippen molar-refractivity contribution in [1.82, 2.24) is 4.57 Å². The Hall–Kier alpha value is -0.610. The molecule has 0 aromatic carbocycles. The van der Waals surface area contributed by atoms with E-state index in [2.05, 4.69) is 17.7 Å².